The number of rotatable bonds is 5. The first-order chi connectivity index (χ1) is 11.3. The zero-order chi connectivity index (χ0) is 17.4. The number of tetrazole rings is 1. The van der Waals surface area contributed by atoms with Gasteiger partial charge in [-0.15, -0.1) is 14.8 Å². The lowest BCUT2D eigenvalue weighted by molar-refractivity contribution is -0.274. The van der Waals surface area contributed by atoms with Crippen molar-refractivity contribution < 1.29 is 22.7 Å². The molecule has 3 rings (SSSR count). The predicted octanol–water partition coefficient (Wildman–Crippen LogP) is 1.67. The minimum atomic E-state index is -4.88. The molecule has 0 aliphatic rings. The average molecular weight is 342 g/mol. The number of halogens is 3. The van der Waals surface area contributed by atoms with Gasteiger partial charge >= 0.3 is 6.18 Å². The van der Waals surface area contributed by atoms with Crippen molar-refractivity contribution in [3.8, 4) is 0 Å². The number of aromatic nitrogens is 5. The minimum absolute atomic E-state index is 0.198. The molecule has 24 heavy (non-hydrogen) atoms. The third-order valence-corrected chi connectivity index (χ3v) is 3.48. The molecular formula is C13H13F3N6O2. The molecule has 1 atom stereocenters. The second-order valence-electron chi connectivity index (χ2n) is 5.19. The summed E-state index contributed by atoms with van der Waals surface area (Å²) in [6.45, 7) is 1.31. The SMILES string of the molecule is Cc1ccc(C(O)(CCNc2ccc3nnnn3n2)C(F)(F)F)o1. The summed E-state index contributed by atoms with van der Waals surface area (Å²) in [7, 11) is 0. The zero-order valence-electron chi connectivity index (χ0n) is 12.4. The highest BCUT2D eigenvalue weighted by atomic mass is 19.4. The molecule has 0 spiro atoms. The van der Waals surface area contributed by atoms with Gasteiger partial charge in [-0.2, -0.15) is 13.2 Å². The number of hydrogen-bond acceptors (Lipinski definition) is 7. The van der Waals surface area contributed by atoms with Gasteiger partial charge in [-0.25, -0.2) is 0 Å². The van der Waals surface area contributed by atoms with Crippen LogP contribution in [0.4, 0.5) is 19.0 Å². The zero-order valence-corrected chi connectivity index (χ0v) is 12.4. The van der Waals surface area contributed by atoms with Gasteiger partial charge in [0.05, 0.1) is 0 Å². The van der Waals surface area contributed by atoms with E-state index in [0.717, 1.165) is 10.7 Å². The number of furan rings is 1. The van der Waals surface area contributed by atoms with E-state index in [9.17, 15) is 18.3 Å². The first kappa shape index (κ1) is 16.2. The van der Waals surface area contributed by atoms with Gasteiger partial charge in [0.15, 0.2) is 5.65 Å². The Morgan fingerprint density at radius 1 is 1.25 bits per heavy atom. The lowest BCUT2D eigenvalue weighted by Gasteiger charge is -2.28. The second kappa shape index (κ2) is 5.74. The summed E-state index contributed by atoms with van der Waals surface area (Å²) in [6.07, 6.45) is -5.54. The molecule has 2 N–H and O–H groups in total. The third-order valence-electron chi connectivity index (χ3n) is 3.48. The van der Waals surface area contributed by atoms with Crippen molar-refractivity contribution in [3.05, 3.63) is 35.8 Å². The van der Waals surface area contributed by atoms with Crippen molar-refractivity contribution in [2.75, 3.05) is 11.9 Å². The first-order valence-corrected chi connectivity index (χ1v) is 6.95. The standard InChI is InChI=1S/C13H13F3N6O2/c1-8-2-3-9(24-8)12(23,13(14,15)16)6-7-17-10-4-5-11-18-20-21-22(11)19-10/h2-5,23H,6-7H2,1H3,(H,17,19). The Morgan fingerprint density at radius 2 is 2.04 bits per heavy atom. The van der Waals surface area contributed by atoms with Gasteiger partial charge in [-0.1, -0.05) is 0 Å². The summed E-state index contributed by atoms with van der Waals surface area (Å²) in [4.78, 5) is 0. The third kappa shape index (κ3) is 2.89. The minimum Gasteiger partial charge on any atom is -0.463 e. The molecule has 3 aromatic rings. The average Bonchev–Trinajstić information content (AvgIpc) is 3.14. The van der Waals surface area contributed by atoms with Gasteiger partial charge in [-0.3, -0.25) is 0 Å². The fourth-order valence-electron chi connectivity index (χ4n) is 2.18. The highest BCUT2D eigenvalue weighted by Gasteiger charge is 2.56. The van der Waals surface area contributed by atoms with E-state index in [-0.39, 0.29) is 18.1 Å². The molecule has 0 bridgehead atoms. The molecule has 3 aromatic heterocycles. The maximum absolute atomic E-state index is 13.3. The van der Waals surface area contributed by atoms with E-state index in [2.05, 4.69) is 25.9 Å². The lowest BCUT2D eigenvalue weighted by atomic mass is 9.96. The molecule has 8 nitrogen and oxygen atoms in total. The molecule has 0 radical (unpaired) electrons. The summed E-state index contributed by atoms with van der Waals surface area (Å²) in [5, 5.41) is 27.5. The van der Waals surface area contributed by atoms with Crippen LogP contribution in [-0.4, -0.2) is 43.1 Å². The van der Waals surface area contributed by atoms with E-state index in [1.807, 2.05) is 0 Å². The van der Waals surface area contributed by atoms with E-state index in [0.29, 0.717) is 5.65 Å². The molecule has 0 aliphatic carbocycles. The normalized spacial score (nSPS) is 14.7. The number of nitrogens with one attached hydrogen (secondary N) is 1. The van der Waals surface area contributed by atoms with Crippen LogP contribution < -0.4 is 5.32 Å². The lowest BCUT2D eigenvalue weighted by Crippen LogP contribution is -2.43. The molecule has 0 amide bonds. The van der Waals surface area contributed by atoms with E-state index in [4.69, 9.17) is 4.42 Å². The number of alkyl halides is 3. The Bertz CT molecular complexity index is 845. The highest BCUT2D eigenvalue weighted by molar-refractivity contribution is 5.42. The maximum Gasteiger partial charge on any atom is 0.424 e. The van der Waals surface area contributed by atoms with Crippen LogP contribution in [-0.2, 0) is 5.60 Å². The van der Waals surface area contributed by atoms with E-state index < -0.39 is 24.0 Å². The van der Waals surface area contributed by atoms with Crippen LogP contribution in [0.2, 0.25) is 0 Å². The first-order valence-electron chi connectivity index (χ1n) is 6.95. The van der Waals surface area contributed by atoms with Gasteiger partial charge in [0.25, 0.3) is 0 Å². The molecule has 11 heteroatoms. The molecule has 3 heterocycles. The Balaban J connectivity index is 1.74. The van der Waals surface area contributed by atoms with Crippen LogP contribution in [0.1, 0.15) is 17.9 Å². The summed E-state index contributed by atoms with van der Waals surface area (Å²) < 4.78 is 46.0. The molecule has 0 aliphatic heterocycles. The van der Waals surface area contributed by atoms with Gasteiger partial charge in [0, 0.05) is 13.0 Å². The van der Waals surface area contributed by atoms with E-state index in [1.54, 1.807) is 6.07 Å². The van der Waals surface area contributed by atoms with Crippen LogP contribution >= 0.6 is 0 Å². The summed E-state index contributed by atoms with van der Waals surface area (Å²) in [6, 6.07) is 5.57. The van der Waals surface area contributed by atoms with Crippen molar-refractivity contribution in [2.45, 2.75) is 25.1 Å². The maximum atomic E-state index is 13.3. The summed E-state index contributed by atoms with van der Waals surface area (Å²) in [5.41, 5.74) is -2.69. The number of aryl methyl sites for hydroxylation is 1. The largest absolute Gasteiger partial charge is 0.463 e. The smallest absolute Gasteiger partial charge is 0.424 e. The van der Waals surface area contributed by atoms with Gasteiger partial charge in [0.2, 0.25) is 5.60 Å². The van der Waals surface area contributed by atoms with Crippen molar-refractivity contribution in [3.63, 3.8) is 0 Å². The fourth-order valence-corrected chi connectivity index (χ4v) is 2.18. The number of aliphatic hydroxyl groups is 1. The molecule has 0 saturated heterocycles. The Labute approximate surface area is 133 Å². The number of anilines is 1. The summed E-state index contributed by atoms with van der Waals surface area (Å²) in [5.74, 6) is 0.0135. The van der Waals surface area contributed by atoms with E-state index in [1.165, 1.54) is 19.1 Å². The van der Waals surface area contributed by atoms with Crippen LogP contribution in [0.5, 0.6) is 0 Å². The van der Waals surface area contributed by atoms with Crippen LogP contribution in [0, 0.1) is 6.92 Å². The molecule has 0 saturated carbocycles. The fraction of sp³-hybridized carbons (Fsp3) is 0.385. The molecule has 1 unspecified atom stereocenters. The van der Waals surface area contributed by atoms with Crippen molar-refractivity contribution >= 4 is 11.5 Å². The second-order valence-corrected chi connectivity index (χ2v) is 5.19. The van der Waals surface area contributed by atoms with Crippen molar-refractivity contribution in [1.82, 2.24) is 25.3 Å². The number of hydrogen-bond donors (Lipinski definition) is 2. The Kier molecular flexibility index (Phi) is 3.87. The van der Waals surface area contributed by atoms with Crippen LogP contribution in [0.3, 0.4) is 0 Å². The van der Waals surface area contributed by atoms with Crippen molar-refractivity contribution in [1.29, 1.82) is 0 Å². The summed E-state index contributed by atoms with van der Waals surface area (Å²) >= 11 is 0. The number of nitrogens with zero attached hydrogens (tertiary/aromatic N) is 5. The Hall–Kier alpha value is -2.69. The molecule has 0 aromatic carbocycles. The molecular weight excluding hydrogens is 329 g/mol. The molecule has 0 fully saturated rings. The highest BCUT2D eigenvalue weighted by Crippen LogP contribution is 2.42. The monoisotopic (exact) mass is 342 g/mol. The topological polar surface area (TPSA) is 101 Å². The number of fused-ring (bicyclic) bond motifs is 1. The van der Waals surface area contributed by atoms with E-state index >= 15 is 0 Å². The van der Waals surface area contributed by atoms with Crippen LogP contribution in [0.15, 0.2) is 28.7 Å². The van der Waals surface area contributed by atoms with Gasteiger partial charge in [0.1, 0.15) is 17.3 Å². The van der Waals surface area contributed by atoms with Crippen molar-refractivity contribution in [2.24, 2.45) is 0 Å². The molecule has 128 valence electrons. The van der Waals surface area contributed by atoms with Gasteiger partial charge < -0.3 is 14.8 Å². The predicted molar refractivity (Wildman–Crippen MR) is 75.1 cm³/mol. The quantitative estimate of drug-likeness (QED) is 0.727. The van der Waals surface area contributed by atoms with Crippen LogP contribution in [0.25, 0.3) is 5.65 Å². The van der Waals surface area contributed by atoms with Gasteiger partial charge in [-0.05, 0) is 41.6 Å². The Morgan fingerprint density at radius 3 is 2.71 bits per heavy atom.